The molecule has 0 fully saturated rings. The SMILES string of the molecule is CC/C=C\C/C=C\C/C=C\C/C=C\CCCCCCCCCCCCC(=O)OCC(COC(=O)CCCCCCC/C=C\CCCCCC)OC(=O)CCCC/C=C\C/C=C\C/C=C\C/C=C\CC. The van der Waals surface area contributed by atoms with Crippen molar-refractivity contribution in [2.75, 3.05) is 13.2 Å². The Morgan fingerprint density at radius 2 is 0.565 bits per heavy atom. The van der Waals surface area contributed by atoms with Crippen molar-refractivity contribution in [3.63, 3.8) is 0 Å². The number of esters is 3. The maximum absolute atomic E-state index is 12.8. The van der Waals surface area contributed by atoms with Gasteiger partial charge in [-0.05, 0) is 122 Å². The molecule has 6 heteroatoms. The molecule has 0 aliphatic carbocycles. The zero-order valence-corrected chi connectivity index (χ0v) is 44.8. The molecule has 0 N–H and O–H groups in total. The van der Waals surface area contributed by atoms with E-state index in [-0.39, 0.29) is 37.5 Å². The average Bonchev–Trinajstić information content (AvgIpc) is 3.35. The van der Waals surface area contributed by atoms with Crippen molar-refractivity contribution in [3.8, 4) is 0 Å². The van der Waals surface area contributed by atoms with Crippen LogP contribution in [0.1, 0.15) is 252 Å². The van der Waals surface area contributed by atoms with Crippen LogP contribution in [0, 0.1) is 0 Å². The van der Waals surface area contributed by atoms with E-state index >= 15 is 0 Å². The maximum atomic E-state index is 12.8. The van der Waals surface area contributed by atoms with Crippen molar-refractivity contribution >= 4 is 17.9 Å². The smallest absolute Gasteiger partial charge is 0.306 e. The highest BCUT2D eigenvalue weighted by Crippen LogP contribution is 2.14. The molecule has 0 aromatic rings. The number of hydrogen-bond acceptors (Lipinski definition) is 6. The quantitative estimate of drug-likeness (QED) is 0.0262. The molecule has 6 nitrogen and oxygen atoms in total. The highest BCUT2D eigenvalue weighted by Gasteiger charge is 2.19. The van der Waals surface area contributed by atoms with Gasteiger partial charge in [0.25, 0.3) is 0 Å². The molecule has 392 valence electrons. The summed E-state index contributed by atoms with van der Waals surface area (Å²) in [5, 5.41) is 0. The summed E-state index contributed by atoms with van der Waals surface area (Å²) in [7, 11) is 0. The van der Waals surface area contributed by atoms with Crippen molar-refractivity contribution in [2.45, 2.75) is 258 Å². The number of allylic oxidation sites excluding steroid dienone is 18. The van der Waals surface area contributed by atoms with Crippen LogP contribution in [0.4, 0.5) is 0 Å². The van der Waals surface area contributed by atoms with Crippen LogP contribution in [-0.2, 0) is 28.6 Å². The summed E-state index contributed by atoms with van der Waals surface area (Å²) in [5.41, 5.74) is 0. The molecule has 0 saturated carbocycles. The first-order valence-corrected chi connectivity index (χ1v) is 28.4. The summed E-state index contributed by atoms with van der Waals surface area (Å²) in [4.78, 5) is 38.1. The lowest BCUT2D eigenvalue weighted by Crippen LogP contribution is -2.30. The van der Waals surface area contributed by atoms with E-state index in [0.29, 0.717) is 19.3 Å². The van der Waals surface area contributed by atoms with Crippen LogP contribution < -0.4 is 0 Å². The maximum Gasteiger partial charge on any atom is 0.306 e. The van der Waals surface area contributed by atoms with Crippen LogP contribution in [0.5, 0.6) is 0 Å². The summed E-state index contributed by atoms with van der Waals surface area (Å²) < 4.78 is 16.8. The molecule has 0 heterocycles. The minimum Gasteiger partial charge on any atom is -0.462 e. The van der Waals surface area contributed by atoms with Gasteiger partial charge in [0, 0.05) is 19.3 Å². The van der Waals surface area contributed by atoms with E-state index in [1.165, 1.54) is 89.9 Å². The van der Waals surface area contributed by atoms with E-state index < -0.39 is 6.10 Å². The molecule has 69 heavy (non-hydrogen) atoms. The zero-order chi connectivity index (χ0) is 50.0. The summed E-state index contributed by atoms with van der Waals surface area (Å²) in [6, 6.07) is 0. The number of unbranched alkanes of at least 4 members (excludes halogenated alkanes) is 21. The first-order chi connectivity index (χ1) is 34.0. The fourth-order valence-electron chi connectivity index (χ4n) is 7.54. The second-order valence-corrected chi connectivity index (χ2v) is 18.4. The van der Waals surface area contributed by atoms with E-state index in [9.17, 15) is 14.4 Å². The number of hydrogen-bond donors (Lipinski definition) is 0. The molecule has 0 aliphatic rings. The van der Waals surface area contributed by atoms with Gasteiger partial charge in [-0.3, -0.25) is 14.4 Å². The number of ether oxygens (including phenoxy) is 3. The van der Waals surface area contributed by atoms with E-state index in [4.69, 9.17) is 14.2 Å². The van der Waals surface area contributed by atoms with Crippen LogP contribution >= 0.6 is 0 Å². The Hall–Kier alpha value is -3.93. The molecule has 0 aliphatic heterocycles. The standard InChI is InChI=1S/C63H104O6/c1-4-7-10-13-16-19-22-25-27-28-29-30-31-32-33-34-36-38-41-44-47-50-53-56-62(65)68-59-60(58-67-61(64)55-52-49-46-43-40-37-24-21-18-15-12-9-6-3)69-63(66)57-54-51-48-45-42-39-35-26-23-20-17-14-11-8-5-2/h7-8,10-11,16-17,19-21,24-27,29-30,35,42,45,60H,4-6,9,12-15,18,22-23,28,31-34,36-41,43-44,46-59H2,1-3H3/b10-7-,11-8-,19-16-,20-17-,24-21-,27-25-,30-29-,35-26-,45-42-. The molecule has 0 radical (unpaired) electrons. The van der Waals surface area contributed by atoms with Gasteiger partial charge in [-0.25, -0.2) is 0 Å². The van der Waals surface area contributed by atoms with Crippen LogP contribution in [0.15, 0.2) is 109 Å². The monoisotopic (exact) mass is 957 g/mol. The van der Waals surface area contributed by atoms with Crippen LogP contribution in [-0.4, -0.2) is 37.2 Å². The van der Waals surface area contributed by atoms with E-state index in [1.807, 2.05) is 0 Å². The lowest BCUT2D eigenvalue weighted by molar-refractivity contribution is -0.167. The minimum atomic E-state index is -0.806. The van der Waals surface area contributed by atoms with Gasteiger partial charge >= 0.3 is 17.9 Å². The molecule has 0 saturated heterocycles. The molecule has 0 rings (SSSR count). The fraction of sp³-hybridized carbons (Fsp3) is 0.667. The van der Waals surface area contributed by atoms with Crippen molar-refractivity contribution < 1.29 is 28.6 Å². The van der Waals surface area contributed by atoms with Gasteiger partial charge in [-0.2, -0.15) is 0 Å². The molecule has 1 atom stereocenters. The largest absolute Gasteiger partial charge is 0.462 e. The summed E-state index contributed by atoms with van der Waals surface area (Å²) in [6.07, 6.45) is 76.5. The van der Waals surface area contributed by atoms with Crippen LogP contribution in [0.25, 0.3) is 0 Å². The third-order valence-electron chi connectivity index (χ3n) is 11.7. The molecular formula is C63H104O6. The third kappa shape index (κ3) is 54.9. The summed E-state index contributed by atoms with van der Waals surface area (Å²) in [5.74, 6) is -0.956. The Balaban J connectivity index is 4.39. The number of carbonyl (C=O) groups is 3. The Kier molecular flexibility index (Phi) is 53.4. The van der Waals surface area contributed by atoms with Gasteiger partial charge in [-0.15, -0.1) is 0 Å². The predicted octanol–water partition coefficient (Wildman–Crippen LogP) is 19.1. The lowest BCUT2D eigenvalue weighted by atomic mass is 10.1. The van der Waals surface area contributed by atoms with Crippen LogP contribution in [0.2, 0.25) is 0 Å². The van der Waals surface area contributed by atoms with Gasteiger partial charge in [0.2, 0.25) is 0 Å². The first-order valence-electron chi connectivity index (χ1n) is 28.4. The molecule has 0 bridgehead atoms. The zero-order valence-electron chi connectivity index (χ0n) is 44.8. The fourth-order valence-corrected chi connectivity index (χ4v) is 7.54. The first kappa shape index (κ1) is 65.1. The average molecular weight is 958 g/mol. The Morgan fingerprint density at radius 3 is 0.928 bits per heavy atom. The predicted molar refractivity (Wildman–Crippen MR) is 297 cm³/mol. The van der Waals surface area contributed by atoms with Gasteiger partial charge in [0.05, 0.1) is 0 Å². The lowest BCUT2D eigenvalue weighted by Gasteiger charge is -2.18. The van der Waals surface area contributed by atoms with E-state index in [0.717, 1.165) is 116 Å². The van der Waals surface area contributed by atoms with Crippen molar-refractivity contribution in [3.05, 3.63) is 109 Å². The van der Waals surface area contributed by atoms with Gasteiger partial charge < -0.3 is 14.2 Å². The van der Waals surface area contributed by atoms with Crippen molar-refractivity contribution in [2.24, 2.45) is 0 Å². The second-order valence-electron chi connectivity index (χ2n) is 18.4. The highest BCUT2D eigenvalue weighted by atomic mass is 16.6. The molecular weight excluding hydrogens is 853 g/mol. The van der Waals surface area contributed by atoms with Crippen LogP contribution in [0.3, 0.4) is 0 Å². The number of rotatable bonds is 50. The number of carbonyl (C=O) groups excluding carboxylic acids is 3. The Morgan fingerprint density at radius 1 is 0.304 bits per heavy atom. The van der Waals surface area contributed by atoms with Crippen molar-refractivity contribution in [1.82, 2.24) is 0 Å². The van der Waals surface area contributed by atoms with E-state index in [1.54, 1.807) is 0 Å². The molecule has 0 amide bonds. The van der Waals surface area contributed by atoms with E-state index in [2.05, 4.69) is 130 Å². The van der Waals surface area contributed by atoms with Gasteiger partial charge in [0.15, 0.2) is 6.10 Å². The minimum absolute atomic E-state index is 0.101. The molecule has 1 unspecified atom stereocenters. The topological polar surface area (TPSA) is 78.9 Å². The highest BCUT2D eigenvalue weighted by molar-refractivity contribution is 5.71. The van der Waals surface area contributed by atoms with Gasteiger partial charge in [-0.1, -0.05) is 220 Å². The normalized spacial score (nSPS) is 12.9. The van der Waals surface area contributed by atoms with Gasteiger partial charge in [0.1, 0.15) is 13.2 Å². The molecule has 0 aromatic carbocycles. The third-order valence-corrected chi connectivity index (χ3v) is 11.7. The summed E-state index contributed by atoms with van der Waals surface area (Å²) >= 11 is 0. The van der Waals surface area contributed by atoms with Crippen molar-refractivity contribution in [1.29, 1.82) is 0 Å². The summed E-state index contributed by atoms with van der Waals surface area (Å²) in [6.45, 7) is 6.35. The Labute approximate surface area is 425 Å². The molecule has 0 aromatic heterocycles. The Bertz CT molecular complexity index is 1420. The molecule has 0 spiro atoms. The second kappa shape index (κ2) is 56.7.